The van der Waals surface area contributed by atoms with Crippen LogP contribution in [0.25, 0.3) is 0 Å². The maximum atomic E-state index is 12.2. The first kappa shape index (κ1) is 15.6. The molecule has 0 saturated carbocycles. The van der Waals surface area contributed by atoms with Crippen LogP contribution in [0.1, 0.15) is 25.8 Å². The standard InChI is InChI=1S/C14H20N2O2S/c1-3-14(2,12(15)19)13(18)16-11-6-4-10(5-7-11)8-9-17/h4-7,17H,3,8-9H2,1-2H3,(H2,15,19)(H,16,18). The van der Waals surface area contributed by atoms with E-state index in [0.717, 1.165) is 5.56 Å². The maximum absolute atomic E-state index is 12.2. The lowest BCUT2D eigenvalue weighted by Crippen LogP contribution is -2.43. The first-order valence-electron chi connectivity index (χ1n) is 6.25. The van der Waals surface area contributed by atoms with Gasteiger partial charge in [0.1, 0.15) is 0 Å². The van der Waals surface area contributed by atoms with Gasteiger partial charge in [0.15, 0.2) is 0 Å². The third-order valence-electron chi connectivity index (χ3n) is 3.36. The zero-order chi connectivity index (χ0) is 14.5. The summed E-state index contributed by atoms with van der Waals surface area (Å²) in [7, 11) is 0. The number of anilines is 1. The molecular formula is C14H20N2O2S. The number of carbonyl (C=O) groups excluding carboxylic acids is 1. The third kappa shape index (κ3) is 3.75. The van der Waals surface area contributed by atoms with Gasteiger partial charge in [0, 0.05) is 12.3 Å². The lowest BCUT2D eigenvalue weighted by Gasteiger charge is -2.25. The molecule has 19 heavy (non-hydrogen) atoms. The highest BCUT2D eigenvalue weighted by molar-refractivity contribution is 7.80. The number of amides is 1. The summed E-state index contributed by atoms with van der Waals surface area (Å²) in [6, 6.07) is 7.35. The molecule has 1 aromatic carbocycles. The molecule has 0 saturated heterocycles. The van der Waals surface area contributed by atoms with E-state index >= 15 is 0 Å². The zero-order valence-corrected chi connectivity index (χ0v) is 12.1. The van der Waals surface area contributed by atoms with E-state index in [-0.39, 0.29) is 17.5 Å². The van der Waals surface area contributed by atoms with Gasteiger partial charge in [-0.2, -0.15) is 0 Å². The number of hydrogen-bond acceptors (Lipinski definition) is 3. The molecule has 1 aromatic rings. The highest BCUT2D eigenvalue weighted by atomic mass is 32.1. The first-order valence-corrected chi connectivity index (χ1v) is 6.66. The molecule has 0 aromatic heterocycles. The molecule has 4 nitrogen and oxygen atoms in total. The van der Waals surface area contributed by atoms with E-state index in [1.165, 1.54) is 0 Å². The van der Waals surface area contributed by atoms with Crippen molar-refractivity contribution in [2.45, 2.75) is 26.7 Å². The van der Waals surface area contributed by atoms with Crippen molar-refractivity contribution in [3.63, 3.8) is 0 Å². The number of benzene rings is 1. The van der Waals surface area contributed by atoms with E-state index in [1.807, 2.05) is 19.1 Å². The summed E-state index contributed by atoms with van der Waals surface area (Å²) in [5, 5.41) is 11.7. The summed E-state index contributed by atoms with van der Waals surface area (Å²) < 4.78 is 0. The average Bonchev–Trinajstić information content (AvgIpc) is 2.40. The van der Waals surface area contributed by atoms with E-state index in [9.17, 15) is 4.79 Å². The number of thiocarbonyl (C=S) groups is 1. The Labute approximate surface area is 119 Å². The Balaban J connectivity index is 2.79. The van der Waals surface area contributed by atoms with E-state index in [2.05, 4.69) is 5.32 Å². The second-order valence-electron chi connectivity index (χ2n) is 4.67. The number of rotatable bonds is 6. The molecule has 0 aliphatic heterocycles. The predicted molar refractivity (Wildman–Crippen MR) is 81.0 cm³/mol. The molecule has 104 valence electrons. The number of carbonyl (C=O) groups is 1. The minimum Gasteiger partial charge on any atom is -0.396 e. The molecule has 0 spiro atoms. The third-order valence-corrected chi connectivity index (χ3v) is 3.81. The Morgan fingerprint density at radius 1 is 1.42 bits per heavy atom. The van der Waals surface area contributed by atoms with Crippen LogP contribution in [0.5, 0.6) is 0 Å². The molecule has 1 amide bonds. The smallest absolute Gasteiger partial charge is 0.237 e. The normalized spacial score (nSPS) is 13.6. The van der Waals surface area contributed by atoms with Crippen LogP contribution >= 0.6 is 12.2 Å². The Kier molecular flexibility index (Phi) is 5.44. The number of aliphatic hydroxyl groups is 1. The molecule has 1 atom stereocenters. The molecular weight excluding hydrogens is 260 g/mol. The van der Waals surface area contributed by atoms with Crippen LogP contribution in [0.3, 0.4) is 0 Å². The monoisotopic (exact) mass is 280 g/mol. The summed E-state index contributed by atoms with van der Waals surface area (Å²) in [5.74, 6) is -0.197. The maximum Gasteiger partial charge on any atom is 0.237 e. The van der Waals surface area contributed by atoms with Crippen LogP contribution in [0.4, 0.5) is 5.69 Å². The molecule has 1 rings (SSSR count). The van der Waals surface area contributed by atoms with Gasteiger partial charge in [0.2, 0.25) is 5.91 Å². The highest BCUT2D eigenvalue weighted by Crippen LogP contribution is 2.24. The predicted octanol–water partition coefficient (Wildman–Crippen LogP) is 1.86. The average molecular weight is 280 g/mol. The van der Waals surface area contributed by atoms with Gasteiger partial charge in [-0.1, -0.05) is 31.3 Å². The minimum absolute atomic E-state index is 0.112. The van der Waals surface area contributed by atoms with Gasteiger partial charge in [-0.15, -0.1) is 0 Å². The molecule has 0 fully saturated rings. The highest BCUT2D eigenvalue weighted by Gasteiger charge is 2.34. The Morgan fingerprint density at radius 3 is 2.42 bits per heavy atom. The largest absolute Gasteiger partial charge is 0.396 e. The molecule has 0 heterocycles. The second-order valence-corrected chi connectivity index (χ2v) is 5.11. The van der Waals surface area contributed by atoms with Crippen molar-refractivity contribution >= 4 is 28.8 Å². The summed E-state index contributed by atoms with van der Waals surface area (Å²) >= 11 is 4.97. The van der Waals surface area contributed by atoms with E-state index in [4.69, 9.17) is 23.1 Å². The van der Waals surface area contributed by atoms with Crippen molar-refractivity contribution in [3.8, 4) is 0 Å². The fourth-order valence-electron chi connectivity index (χ4n) is 1.60. The molecule has 0 aliphatic carbocycles. The molecule has 0 bridgehead atoms. The molecule has 1 unspecified atom stereocenters. The fourth-order valence-corrected chi connectivity index (χ4v) is 1.84. The summed E-state index contributed by atoms with van der Waals surface area (Å²) in [5.41, 5.74) is 6.53. The molecule has 0 radical (unpaired) electrons. The van der Waals surface area contributed by atoms with Crippen molar-refractivity contribution in [2.75, 3.05) is 11.9 Å². The van der Waals surface area contributed by atoms with Crippen LogP contribution in [0, 0.1) is 5.41 Å². The van der Waals surface area contributed by atoms with Crippen molar-refractivity contribution in [2.24, 2.45) is 11.1 Å². The van der Waals surface area contributed by atoms with Crippen molar-refractivity contribution in [1.82, 2.24) is 0 Å². The van der Waals surface area contributed by atoms with Gasteiger partial charge in [0.05, 0.1) is 10.4 Å². The van der Waals surface area contributed by atoms with Gasteiger partial charge in [-0.3, -0.25) is 4.79 Å². The van der Waals surface area contributed by atoms with Gasteiger partial charge < -0.3 is 16.2 Å². The van der Waals surface area contributed by atoms with Gasteiger partial charge in [0.25, 0.3) is 0 Å². The topological polar surface area (TPSA) is 75.3 Å². The quantitative estimate of drug-likeness (QED) is 0.695. The second kappa shape index (κ2) is 6.63. The van der Waals surface area contributed by atoms with Crippen LogP contribution in [0.15, 0.2) is 24.3 Å². The van der Waals surface area contributed by atoms with E-state index in [1.54, 1.807) is 19.1 Å². The number of nitrogens with one attached hydrogen (secondary N) is 1. The van der Waals surface area contributed by atoms with Crippen LogP contribution in [0.2, 0.25) is 0 Å². The number of hydrogen-bond donors (Lipinski definition) is 3. The first-order chi connectivity index (χ1) is 8.93. The Morgan fingerprint density at radius 2 is 2.00 bits per heavy atom. The van der Waals surface area contributed by atoms with Crippen molar-refractivity contribution in [3.05, 3.63) is 29.8 Å². The SMILES string of the molecule is CCC(C)(C(=O)Nc1ccc(CCO)cc1)C(N)=S. The number of nitrogens with two attached hydrogens (primary N) is 1. The summed E-state index contributed by atoms with van der Waals surface area (Å²) in [6.07, 6.45) is 1.16. The molecule has 5 heteroatoms. The number of aliphatic hydroxyl groups excluding tert-OH is 1. The fraction of sp³-hybridized carbons (Fsp3) is 0.429. The zero-order valence-electron chi connectivity index (χ0n) is 11.3. The lowest BCUT2D eigenvalue weighted by molar-refractivity contribution is -0.121. The Bertz CT molecular complexity index is 459. The summed E-state index contributed by atoms with van der Waals surface area (Å²) in [6.45, 7) is 3.73. The van der Waals surface area contributed by atoms with Crippen molar-refractivity contribution in [1.29, 1.82) is 0 Å². The van der Waals surface area contributed by atoms with Crippen LogP contribution in [-0.4, -0.2) is 22.6 Å². The Hall–Kier alpha value is -1.46. The van der Waals surface area contributed by atoms with Crippen LogP contribution in [-0.2, 0) is 11.2 Å². The van der Waals surface area contributed by atoms with Gasteiger partial charge >= 0.3 is 0 Å². The van der Waals surface area contributed by atoms with Gasteiger partial charge in [-0.05, 0) is 37.5 Å². The molecule has 4 N–H and O–H groups in total. The van der Waals surface area contributed by atoms with Crippen LogP contribution < -0.4 is 11.1 Å². The lowest BCUT2D eigenvalue weighted by atomic mass is 9.86. The molecule has 0 aliphatic rings. The summed E-state index contributed by atoms with van der Waals surface area (Å²) in [4.78, 5) is 12.4. The van der Waals surface area contributed by atoms with E-state index in [0.29, 0.717) is 18.5 Å². The van der Waals surface area contributed by atoms with Crippen molar-refractivity contribution < 1.29 is 9.90 Å². The minimum atomic E-state index is -0.834. The van der Waals surface area contributed by atoms with E-state index < -0.39 is 5.41 Å². The van der Waals surface area contributed by atoms with Gasteiger partial charge in [-0.25, -0.2) is 0 Å².